The summed E-state index contributed by atoms with van der Waals surface area (Å²) in [7, 11) is 0. The molecule has 0 aliphatic rings. The Bertz CT molecular complexity index is 766. The maximum absolute atomic E-state index is 14.5. The maximum Gasteiger partial charge on any atom is 0.255 e. The van der Waals surface area contributed by atoms with E-state index in [-0.39, 0.29) is 12.3 Å². The average Bonchev–Trinajstić information content (AvgIpc) is 2.61. The van der Waals surface area contributed by atoms with Gasteiger partial charge in [-0.05, 0) is 38.1 Å². The number of hydrogen-bond acceptors (Lipinski definition) is 3. The number of benzene rings is 2. The van der Waals surface area contributed by atoms with Crippen LogP contribution in [0, 0.1) is 11.6 Å². The molecule has 0 saturated heterocycles. The van der Waals surface area contributed by atoms with Crippen molar-refractivity contribution in [2.24, 2.45) is 0 Å². The highest BCUT2D eigenvalue weighted by atomic mass is 19.1. The zero-order chi connectivity index (χ0) is 18.4. The van der Waals surface area contributed by atoms with Gasteiger partial charge >= 0.3 is 0 Å². The van der Waals surface area contributed by atoms with E-state index < -0.39 is 35.2 Å². The summed E-state index contributed by atoms with van der Waals surface area (Å²) in [5.74, 6) is -3.26. The van der Waals surface area contributed by atoms with Crippen LogP contribution in [0.25, 0.3) is 0 Å². The molecule has 0 bridgehead atoms. The SMILES string of the molecule is CCOC(C)C(=O)Nc1c(F)ccc(NC(=O)c2ccccc2)c1F. The van der Waals surface area contributed by atoms with Gasteiger partial charge in [0.1, 0.15) is 17.6 Å². The van der Waals surface area contributed by atoms with E-state index >= 15 is 0 Å². The molecule has 0 radical (unpaired) electrons. The van der Waals surface area contributed by atoms with E-state index in [1.165, 1.54) is 6.92 Å². The van der Waals surface area contributed by atoms with Crippen LogP contribution in [0.4, 0.5) is 20.2 Å². The van der Waals surface area contributed by atoms with Gasteiger partial charge in [0.05, 0.1) is 5.69 Å². The van der Waals surface area contributed by atoms with Gasteiger partial charge in [-0.3, -0.25) is 9.59 Å². The van der Waals surface area contributed by atoms with Crippen LogP contribution in [0.3, 0.4) is 0 Å². The minimum atomic E-state index is -1.07. The number of nitrogens with one attached hydrogen (secondary N) is 2. The first-order chi connectivity index (χ1) is 11.9. The first kappa shape index (κ1) is 18.5. The van der Waals surface area contributed by atoms with Crippen LogP contribution in [0.2, 0.25) is 0 Å². The zero-order valence-electron chi connectivity index (χ0n) is 13.8. The molecule has 2 amide bonds. The number of carbonyl (C=O) groups is 2. The fraction of sp³-hybridized carbons (Fsp3) is 0.222. The van der Waals surface area contributed by atoms with Crippen LogP contribution in [0.1, 0.15) is 24.2 Å². The lowest BCUT2D eigenvalue weighted by Gasteiger charge is -2.15. The Kier molecular flexibility index (Phi) is 6.19. The minimum absolute atomic E-state index is 0.241. The van der Waals surface area contributed by atoms with Gasteiger partial charge in [0.2, 0.25) is 0 Å². The van der Waals surface area contributed by atoms with Crippen molar-refractivity contribution in [2.75, 3.05) is 17.2 Å². The Morgan fingerprint density at radius 3 is 2.40 bits per heavy atom. The summed E-state index contributed by atoms with van der Waals surface area (Å²) in [6.45, 7) is 3.45. The third-order valence-electron chi connectivity index (χ3n) is 3.41. The second-order valence-electron chi connectivity index (χ2n) is 5.19. The zero-order valence-corrected chi connectivity index (χ0v) is 13.8. The number of amides is 2. The summed E-state index contributed by atoms with van der Waals surface area (Å²) in [4.78, 5) is 24.0. The average molecular weight is 348 g/mol. The summed E-state index contributed by atoms with van der Waals surface area (Å²) in [6.07, 6.45) is -0.869. The van der Waals surface area contributed by atoms with Gasteiger partial charge in [-0.15, -0.1) is 0 Å². The number of hydrogen-bond donors (Lipinski definition) is 2. The molecule has 132 valence electrons. The van der Waals surface area contributed by atoms with E-state index in [2.05, 4.69) is 10.6 Å². The van der Waals surface area contributed by atoms with Crippen LogP contribution in [-0.2, 0) is 9.53 Å². The molecular weight excluding hydrogens is 330 g/mol. The molecule has 0 spiro atoms. The molecule has 0 saturated carbocycles. The van der Waals surface area contributed by atoms with Crippen LogP contribution in [0.5, 0.6) is 0 Å². The summed E-state index contributed by atoms with van der Waals surface area (Å²) < 4.78 is 33.5. The summed E-state index contributed by atoms with van der Waals surface area (Å²) in [5.41, 5.74) is -0.557. The molecule has 1 unspecified atom stereocenters. The van der Waals surface area contributed by atoms with Gasteiger partial charge < -0.3 is 15.4 Å². The van der Waals surface area contributed by atoms with Crippen molar-refractivity contribution in [2.45, 2.75) is 20.0 Å². The van der Waals surface area contributed by atoms with Gasteiger partial charge in [0, 0.05) is 12.2 Å². The Balaban J connectivity index is 2.21. The first-order valence-corrected chi connectivity index (χ1v) is 7.71. The van der Waals surface area contributed by atoms with Crippen molar-refractivity contribution in [3.63, 3.8) is 0 Å². The molecule has 0 fully saturated rings. The van der Waals surface area contributed by atoms with E-state index in [0.29, 0.717) is 5.56 Å². The number of carbonyl (C=O) groups excluding carboxylic acids is 2. The van der Waals surface area contributed by atoms with Crippen molar-refractivity contribution in [3.8, 4) is 0 Å². The van der Waals surface area contributed by atoms with Crippen LogP contribution >= 0.6 is 0 Å². The molecule has 5 nitrogen and oxygen atoms in total. The molecule has 2 N–H and O–H groups in total. The van der Waals surface area contributed by atoms with Gasteiger partial charge in [-0.2, -0.15) is 0 Å². The third-order valence-corrected chi connectivity index (χ3v) is 3.41. The lowest BCUT2D eigenvalue weighted by atomic mass is 10.2. The van der Waals surface area contributed by atoms with Gasteiger partial charge in [0.25, 0.3) is 11.8 Å². The van der Waals surface area contributed by atoms with Crippen molar-refractivity contribution in [1.29, 1.82) is 0 Å². The molecule has 2 rings (SSSR count). The lowest BCUT2D eigenvalue weighted by Crippen LogP contribution is -2.28. The number of rotatable bonds is 6. The standard InChI is InChI=1S/C18H18F2N2O3/c1-3-25-11(2)17(23)22-16-13(19)9-10-14(15(16)20)21-18(24)12-7-5-4-6-8-12/h4-11H,3H2,1-2H3,(H,21,24)(H,22,23). The molecule has 0 aromatic heterocycles. The highest BCUT2D eigenvalue weighted by molar-refractivity contribution is 6.05. The van der Waals surface area contributed by atoms with Crippen molar-refractivity contribution in [1.82, 2.24) is 0 Å². The van der Waals surface area contributed by atoms with Crippen LogP contribution < -0.4 is 10.6 Å². The summed E-state index contributed by atoms with van der Waals surface area (Å²) >= 11 is 0. The van der Waals surface area contributed by atoms with E-state index in [1.807, 2.05) is 0 Å². The molecular formula is C18H18F2N2O3. The lowest BCUT2D eigenvalue weighted by molar-refractivity contribution is -0.126. The molecule has 0 aliphatic heterocycles. The molecule has 7 heteroatoms. The molecule has 0 aliphatic carbocycles. The topological polar surface area (TPSA) is 67.4 Å². The summed E-state index contributed by atoms with van der Waals surface area (Å²) in [6, 6.07) is 10.2. The van der Waals surface area contributed by atoms with Gasteiger partial charge in [-0.25, -0.2) is 8.78 Å². The van der Waals surface area contributed by atoms with Gasteiger partial charge in [0.15, 0.2) is 5.82 Å². The van der Waals surface area contributed by atoms with E-state index in [9.17, 15) is 18.4 Å². The van der Waals surface area contributed by atoms with Crippen LogP contribution in [0.15, 0.2) is 42.5 Å². The maximum atomic E-state index is 14.5. The van der Waals surface area contributed by atoms with Crippen molar-refractivity contribution >= 4 is 23.2 Å². The fourth-order valence-corrected chi connectivity index (χ4v) is 2.10. The monoisotopic (exact) mass is 348 g/mol. The number of anilines is 2. The second-order valence-corrected chi connectivity index (χ2v) is 5.19. The predicted octanol–water partition coefficient (Wildman–Crippen LogP) is 3.58. The molecule has 2 aromatic carbocycles. The quantitative estimate of drug-likeness (QED) is 0.838. The molecule has 1 atom stereocenters. The number of halogens is 2. The predicted molar refractivity (Wildman–Crippen MR) is 90.5 cm³/mol. The first-order valence-electron chi connectivity index (χ1n) is 7.71. The smallest absolute Gasteiger partial charge is 0.255 e. The normalized spacial score (nSPS) is 11.7. The fourth-order valence-electron chi connectivity index (χ4n) is 2.10. The summed E-state index contributed by atoms with van der Waals surface area (Å²) in [5, 5.41) is 4.51. The molecule has 25 heavy (non-hydrogen) atoms. The number of ether oxygens (including phenoxy) is 1. The Morgan fingerprint density at radius 2 is 1.76 bits per heavy atom. The Morgan fingerprint density at radius 1 is 1.08 bits per heavy atom. The van der Waals surface area contributed by atoms with E-state index in [0.717, 1.165) is 12.1 Å². The molecule has 2 aromatic rings. The van der Waals surface area contributed by atoms with E-state index in [4.69, 9.17) is 4.74 Å². The highest BCUT2D eigenvalue weighted by Gasteiger charge is 2.20. The Labute approximate surface area is 144 Å². The largest absolute Gasteiger partial charge is 0.369 e. The van der Waals surface area contributed by atoms with Gasteiger partial charge in [-0.1, -0.05) is 18.2 Å². The highest BCUT2D eigenvalue weighted by Crippen LogP contribution is 2.26. The van der Waals surface area contributed by atoms with Crippen molar-refractivity contribution < 1.29 is 23.1 Å². The second kappa shape index (κ2) is 8.34. The van der Waals surface area contributed by atoms with E-state index in [1.54, 1.807) is 37.3 Å². The van der Waals surface area contributed by atoms with Crippen molar-refractivity contribution in [3.05, 3.63) is 59.7 Å². The molecule has 0 heterocycles. The third kappa shape index (κ3) is 4.60. The van der Waals surface area contributed by atoms with Crippen LogP contribution in [-0.4, -0.2) is 24.5 Å². The Hall–Kier alpha value is -2.80. The minimum Gasteiger partial charge on any atom is -0.369 e.